The smallest absolute Gasteiger partial charge is 0.0940 e. The molecule has 2 bridgehead atoms. The second-order valence-electron chi connectivity index (χ2n) is 5.33. The van der Waals surface area contributed by atoms with E-state index in [0.717, 1.165) is 32.2 Å². The molecular formula is C12H22N2O2. The van der Waals surface area contributed by atoms with E-state index in [-0.39, 0.29) is 0 Å². The Morgan fingerprint density at radius 2 is 1.75 bits per heavy atom. The number of hydrogen-bond acceptors (Lipinski definition) is 4. The quantitative estimate of drug-likeness (QED) is 0.723. The van der Waals surface area contributed by atoms with Crippen molar-refractivity contribution in [1.82, 2.24) is 10.2 Å². The first kappa shape index (κ1) is 11.0. The molecule has 0 aromatic rings. The van der Waals surface area contributed by atoms with Gasteiger partial charge in [0.1, 0.15) is 0 Å². The Kier molecular flexibility index (Phi) is 3.43. The highest BCUT2D eigenvalue weighted by Gasteiger charge is 2.32. The highest BCUT2D eigenvalue weighted by Crippen LogP contribution is 2.20. The van der Waals surface area contributed by atoms with Crippen molar-refractivity contribution in [3.8, 4) is 0 Å². The molecule has 0 aromatic heterocycles. The maximum Gasteiger partial charge on any atom is 0.0940 e. The molecule has 3 fully saturated rings. The van der Waals surface area contributed by atoms with Crippen LogP contribution in [0.3, 0.4) is 0 Å². The Balaban J connectivity index is 1.51. The molecule has 0 aliphatic carbocycles. The summed E-state index contributed by atoms with van der Waals surface area (Å²) in [7, 11) is 0. The minimum Gasteiger partial charge on any atom is -0.376 e. The molecule has 2 atom stereocenters. The summed E-state index contributed by atoms with van der Waals surface area (Å²) in [5.41, 5.74) is 0. The Morgan fingerprint density at radius 3 is 2.44 bits per heavy atom. The van der Waals surface area contributed by atoms with E-state index in [0.29, 0.717) is 12.2 Å². The van der Waals surface area contributed by atoms with Crippen molar-refractivity contribution in [2.24, 2.45) is 5.92 Å². The summed E-state index contributed by atoms with van der Waals surface area (Å²) in [6.07, 6.45) is 3.33. The Hall–Kier alpha value is -0.160. The Labute approximate surface area is 97.3 Å². The van der Waals surface area contributed by atoms with Crippen LogP contribution < -0.4 is 5.32 Å². The van der Waals surface area contributed by atoms with Crippen molar-refractivity contribution in [1.29, 1.82) is 0 Å². The van der Waals surface area contributed by atoms with E-state index < -0.39 is 0 Å². The molecule has 0 radical (unpaired) electrons. The van der Waals surface area contributed by atoms with Crippen LogP contribution in [0, 0.1) is 5.92 Å². The molecular weight excluding hydrogens is 204 g/mol. The van der Waals surface area contributed by atoms with Crippen molar-refractivity contribution < 1.29 is 9.47 Å². The van der Waals surface area contributed by atoms with E-state index in [1.54, 1.807) is 0 Å². The molecule has 92 valence electrons. The highest BCUT2D eigenvalue weighted by molar-refractivity contribution is 4.83. The number of morpholine rings is 1. The molecule has 3 aliphatic rings. The molecule has 3 heterocycles. The topological polar surface area (TPSA) is 33.7 Å². The normalized spacial score (nSPS) is 37.5. The molecule has 0 amide bonds. The van der Waals surface area contributed by atoms with Gasteiger partial charge in [-0.1, -0.05) is 0 Å². The first-order valence-electron chi connectivity index (χ1n) is 6.56. The molecule has 4 heteroatoms. The fraction of sp³-hybridized carbons (Fsp3) is 1.00. The van der Waals surface area contributed by atoms with Crippen molar-refractivity contribution in [3.63, 3.8) is 0 Å². The molecule has 3 aliphatic heterocycles. The molecule has 0 saturated carbocycles. The standard InChI is InChI=1S/C12H22N2O2/c1-3-13-4-2-10(1)5-14-6-11-8-15-9-12(7-14)16-11/h10-13H,1-9H2. The first-order valence-corrected chi connectivity index (χ1v) is 6.56. The second-order valence-corrected chi connectivity index (χ2v) is 5.33. The van der Waals surface area contributed by atoms with Gasteiger partial charge in [0.2, 0.25) is 0 Å². The third kappa shape index (κ3) is 2.56. The minimum atomic E-state index is 0.328. The zero-order chi connectivity index (χ0) is 10.8. The maximum absolute atomic E-state index is 5.86. The monoisotopic (exact) mass is 226 g/mol. The van der Waals surface area contributed by atoms with Crippen LogP contribution in [-0.4, -0.2) is 63.0 Å². The molecule has 3 saturated heterocycles. The third-order valence-electron chi connectivity index (χ3n) is 3.89. The highest BCUT2D eigenvalue weighted by atomic mass is 16.6. The number of nitrogens with zero attached hydrogens (tertiary/aromatic N) is 1. The number of hydrogen-bond donors (Lipinski definition) is 1. The fourth-order valence-corrected chi connectivity index (χ4v) is 3.10. The van der Waals surface area contributed by atoms with Gasteiger partial charge < -0.3 is 14.8 Å². The average Bonchev–Trinajstić information content (AvgIpc) is 2.30. The summed E-state index contributed by atoms with van der Waals surface area (Å²) in [5, 5.41) is 3.43. The molecule has 2 unspecified atom stereocenters. The van der Waals surface area contributed by atoms with Crippen molar-refractivity contribution in [2.75, 3.05) is 45.9 Å². The summed E-state index contributed by atoms with van der Waals surface area (Å²) < 4.78 is 11.4. The van der Waals surface area contributed by atoms with Gasteiger partial charge in [0.05, 0.1) is 25.4 Å². The first-order chi connectivity index (χ1) is 7.90. The van der Waals surface area contributed by atoms with Crippen LogP contribution in [0.4, 0.5) is 0 Å². The number of rotatable bonds is 2. The maximum atomic E-state index is 5.86. The SMILES string of the molecule is C1CC(CN2CC3COCC(C2)O3)CCN1. The average molecular weight is 226 g/mol. The van der Waals surface area contributed by atoms with E-state index in [2.05, 4.69) is 10.2 Å². The number of fused-ring (bicyclic) bond motifs is 2. The predicted octanol–water partition coefficient (Wildman–Crippen LogP) is 0.0856. The van der Waals surface area contributed by atoms with E-state index in [1.165, 1.54) is 32.5 Å². The summed E-state index contributed by atoms with van der Waals surface area (Å²) in [6.45, 7) is 7.38. The summed E-state index contributed by atoms with van der Waals surface area (Å²) in [4.78, 5) is 2.59. The van der Waals surface area contributed by atoms with E-state index in [4.69, 9.17) is 9.47 Å². The molecule has 0 spiro atoms. The molecule has 16 heavy (non-hydrogen) atoms. The molecule has 3 rings (SSSR count). The van der Waals surface area contributed by atoms with Crippen molar-refractivity contribution in [2.45, 2.75) is 25.0 Å². The van der Waals surface area contributed by atoms with Gasteiger partial charge in [-0.25, -0.2) is 0 Å². The van der Waals surface area contributed by atoms with Crippen LogP contribution in [0.1, 0.15) is 12.8 Å². The fourth-order valence-electron chi connectivity index (χ4n) is 3.10. The Morgan fingerprint density at radius 1 is 1.06 bits per heavy atom. The zero-order valence-electron chi connectivity index (χ0n) is 9.86. The van der Waals surface area contributed by atoms with Gasteiger partial charge >= 0.3 is 0 Å². The van der Waals surface area contributed by atoms with Crippen LogP contribution in [0.2, 0.25) is 0 Å². The van der Waals surface area contributed by atoms with E-state index in [9.17, 15) is 0 Å². The summed E-state index contributed by atoms with van der Waals surface area (Å²) in [5.74, 6) is 0.890. The molecule has 1 N–H and O–H groups in total. The van der Waals surface area contributed by atoms with Gasteiger partial charge in [-0.2, -0.15) is 0 Å². The molecule has 4 nitrogen and oxygen atoms in total. The third-order valence-corrected chi connectivity index (χ3v) is 3.89. The lowest BCUT2D eigenvalue weighted by Gasteiger charge is -2.42. The van der Waals surface area contributed by atoms with Gasteiger partial charge in [0.15, 0.2) is 0 Å². The van der Waals surface area contributed by atoms with Crippen molar-refractivity contribution >= 4 is 0 Å². The summed E-state index contributed by atoms with van der Waals surface area (Å²) >= 11 is 0. The van der Waals surface area contributed by atoms with Gasteiger partial charge in [0.25, 0.3) is 0 Å². The van der Waals surface area contributed by atoms with Gasteiger partial charge in [-0.3, -0.25) is 4.90 Å². The Bertz CT molecular complexity index is 219. The largest absolute Gasteiger partial charge is 0.376 e. The lowest BCUT2D eigenvalue weighted by Crippen LogP contribution is -2.55. The minimum absolute atomic E-state index is 0.328. The van der Waals surface area contributed by atoms with E-state index in [1.807, 2.05) is 0 Å². The predicted molar refractivity (Wildman–Crippen MR) is 61.5 cm³/mol. The van der Waals surface area contributed by atoms with Crippen LogP contribution in [-0.2, 0) is 9.47 Å². The molecule has 0 aromatic carbocycles. The lowest BCUT2D eigenvalue weighted by molar-refractivity contribution is -0.180. The van der Waals surface area contributed by atoms with Crippen LogP contribution in [0.15, 0.2) is 0 Å². The van der Waals surface area contributed by atoms with E-state index >= 15 is 0 Å². The number of nitrogens with one attached hydrogen (secondary N) is 1. The van der Waals surface area contributed by atoms with Crippen LogP contribution >= 0.6 is 0 Å². The zero-order valence-corrected chi connectivity index (χ0v) is 9.86. The summed E-state index contributed by atoms with van der Waals surface area (Å²) in [6, 6.07) is 0. The number of ether oxygens (including phenoxy) is 2. The number of piperidine rings is 1. The van der Waals surface area contributed by atoms with Gasteiger partial charge in [-0.15, -0.1) is 0 Å². The van der Waals surface area contributed by atoms with Gasteiger partial charge in [-0.05, 0) is 31.8 Å². The van der Waals surface area contributed by atoms with Crippen LogP contribution in [0.5, 0.6) is 0 Å². The van der Waals surface area contributed by atoms with Crippen LogP contribution in [0.25, 0.3) is 0 Å². The second kappa shape index (κ2) is 5.00. The lowest BCUT2D eigenvalue weighted by atomic mass is 9.97. The van der Waals surface area contributed by atoms with Gasteiger partial charge in [0, 0.05) is 19.6 Å². The van der Waals surface area contributed by atoms with Crippen molar-refractivity contribution in [3.05, 3.63) is 0 Å².